The first kappa shape index (κ1) is 26.6. The first-order valence-corrected chi connectivity index (χ1v) is 13.1. The number of carbonyl (C=O) groups excluding carboxylic acids is 6. The zero-order chi connectivity index (χ0) is 29.8. The minimum absolute atomic E-state index is 0.332. The van der Waals surface area contributed by atoms with E-state index in [2.05, 4.69) is 10.6 Å². The number of hydrogen-bond acceptors (Lipinski definition) is 6. The van der Waals surface area contributed by atoms with Gasteiger partial charge >= 0.3 is 35.7 Å². The summed E-state index contributed by atoms with van der Waals surface area (Å²) in [4.78, 5) is 77.5. The van der Waals surface area contributed by atoms with Crippen molar-refractivity contribution in [3.05, 3.63) is 108 Å². The standard InChI is InChI=1S/C32H22N4O6/c1-19-17-21(13-15-25(19)35(23-9-5-3-6-10-23)29(39)27(37)33-31(35)41)22-14-16-26(20(2)18-22)36(24-11-7-4-8-12-24)30(40)28(38)34-32(36)42/h3-18H,1-2H3/p+2. The van der Waals surface area contributed by atoms with Gasteiger partial charge in [-0.1, -0.05) is 36.4 Å². The fourth-order valence-corrected chi connectivity index (χ4v) is 5.87. The van der Waals surface area contributed by atoms with Crippen LogP contribution in [-0.2, 0) is 19.2 Å². The lowest BCUT2D eigenvalue weighted by molar-refractivity contribution is -0.138. The van der Waals surface area contributed by atoms with Gasteiger partial charge in [-0.15, -0.1) is 8.97 Å². The molecule has 2 saturated heterocycles. The molecular formula is C32H24N4O6+2. The van der Waals surface area contributed by atoms with E-state index in [1.165, 1.54) is 0 Å². The molecular weight excluding hydrogens is 536 g/mol. The number of para-hydroxylation sites is 2. The number of quaternary nitrogens is 2. The SMILES string of the molecule is Cc1cc(-c2ccc([N+]3(c4ccccc4)C(=O)NC(=O)C3=O)c(C)c2)ccc1[N+]1(c2ccccc2)C(=O)NC(=O)C1=O. The summed E-state index contributed by atoms with van der Waals surface area (Å²) in [6.07, 6.45) is 0. The fraction of sp³-hybridized carbons (Fsp3) is 0.0625. The van der Waals surface area contributed by atoms with Gasteiger partial charge in [0.1, 0.15) is 0 Å². The Labute approximate surface area is 240 Å². The molecule has 4 aromatic carbocycles. The van der Waals surface area contributed by atoms with Crippen LogP contribution in [0.3, 0.4) is 0 Å². The monoisotopic (exact) mass is 560 g/mol. The third-order valence-corrected chi connectivity index (χ3v) is 7.78. The van der Waals surface area contributed by atoms with Gasteiger partial charge in [-0.2, -0.15) is 0 Å². The van der Waals surface area contributed by atoms with Crippen LogP contribution < -0.4 is 19.6 Å². The van der Waals surface area contributed by atoms with Gasteiger partial charge < -0.3 is 0 Å². The van der Waals surface area contributed by atoms with E-state index in [0.29, 0.717) is 33.9 Å². The first-order chi connectivity index (χ1) is 20.1. The highest BCUT2D eigenvalue weighted by molar-refractivity contribution is 6.52. The number of rotatable bonds is 5. The topological polar surface area (TPSA) is 126 Å². The second kappa shape index (κ2) is 9.51. The number of imide groups is 4. The van der Waals surface area contributed by atoms with Gasteiger partial charge in [0, 0.05) is 47.5 Å². The Bertz CT molecular complexity index is 1730. The van der Waals surface area contributed by atoms with E-state index in [1.807, 2.05) is 0 Å². The van der Waals surface area contributed by atoms with Crippen molar-refractivity contribution >= 4 is 58.4 Å². The zero-order valence-corrected chi connectivity index (χ0v) is 22.6. The van der Waals surface area contributed by atoms with E-state index in [0.717, 1.165) is 11.1 Å². The summed E-state index contributed by atoms with van der Waals surface area (Å²) >= 11 is 0. The molecule has 2 N–H and O–H groups in total. The maximum atomic E-state index is 13.2. The van der Waals surface area contributed by atoms with Gasteiger partial charge in [-0.05, 0) is 49.2 Å². The van der Waals surface area contributed by atoms with Crippen molar-refractivity contribution in [2.45, 2.75) is 13.8 Å². The Kier molecular flexibility index (Phi) is 6.03. The Morgan fingerprint density at radius 3 is 1.12 bits per heavy atom. The Morgan fingerprint density at radius 1 is 0.476 bits per heavy atom. The average Bonchev–Trinajstić information content (AvgIpc) is 3.36. The number of amides is 8. The van der Waals surface area contributed by atoms with Crippen LogP contribution in [0.2, 0.25) is 0 Å². The highest BCUT2D eigenvalue weighted by atomic mass is 16.2. The lowest BCUT2D eigenvalue weighted by atomic mass is 9.97. The van der Waals surface area contributed by atoms with Crippen molar-refractivity contribution in [2.24, 2.45) is 0 Å². The third kappa shape index (κ3) is 3.53. The van der Waals surface area contributed by atoms with Crippen LogP contribution in [0.4, 0.5) is 32.3 Å². The highest BCUT2D eigenvalue weighted by Crippen LogP contribution is 2.43. The fourth-order valence-electron chi connectivity index (χ4n) is 5.87. The predicted octanol–water partition coefficient (Wildman–Crippen LogP) is 4.80. The van der Waals surface area contributed by atoms with Crippen molar-refractivity contribution in [1.29, 1.82) is 0 Å². The summed E-state index contributed by atoms with van der Waals surface area (Å²) in [5.74, 6) is -3.76. The van der Waals surface area contributed by atoms with Gasteiger partial charge in [-0.3, -0.25) is 9.59 Å². The smallest absolute Gasteiger partial charge is 0.258 e. The number of nitrogens with one attached hydrogen (secondary N) is 2. The molecule has 0 bridgehead atoms. The van der Waals surface area contributed by atoms with Crippen LogP contribution in [0.1, 0.15) is 11.1 Å². The number of benzene rings is 4. The number of carbonyl (C=O) groups is 6. The van der Waals surface area contributed by atoms with Crippen LogP contribution >= 0.6 is 0 Å². The van der Waals surface area contributed by atoms with E-state index < -0.39 is 44.7 Å². The Morgan fingerprint density at radius 2 is 0.833 bits per heavy atom. The van der Waals surface area contributed by atoms with Gasteiger partial charge in [-0.25, -0.2) is 29.8 Å². The van der Waals surface area contributed by atoms with Gasteiger partial charge in [0.25, 0.3) is 0 Å². The van der Waals surface area contributed by atoms with Gasteiger partial charge in [0.2, 0.25) is 0 Å². The molecule has 2 aliphatic rings. The molecule has 42 heavy (non-hydrogen) atoms. The first-order valence-electron chi connectivity index (χ1n) is 13.1. The maximum absolute atomic E-state index is 13.2. The minimum atomic E-state index is -0.979. The molecule has 0 radical (unpaired) electrons. The Balaban J connectivity index is 1.46. The van der Waals surface area contributed by atoms with Crippen molar-refractivity contribution in [1.82, 2.24) is 19.6 Å². The second-order valence-electron chi connectivity index (χ2n) is 10.1. The third-order valence-electron chi connectivity index (χ3n) is 7.78. The molecule has 2 fully saturated rings. The molecule has 2 heterocycles. The average molecular weight is 561 g/mol. The molecule has 2 atom stereocenters. The molecule has 0 aromatic heterocycles. The van der Waals surface area contributed by atoms with E-state index >= 15 is 0 Å². The summed E-state index contributed by atoms with van der Waals surface area (Å²) < 4.78 is -1.82. The molecule has 10 nitrogen and oxygen atoms in total. The van der Waals surface area contributed by atoms with Gasteiger partial charge in [0.05, 0.1) is 0 Å². The maximum Gasteiger partial charge on any atom is 0.442 e. The van der Waals surface area contributed by atoms with Crippen molar-refractivity contribution in [3.8, 4) is 11.1 Å². The molecule has 10 heteroatoms. The van der Waals surface area contributed by atoms with Crippen LogP contribution in [0.15, 0.2) is 97.1 Å². The number of aryl methyl sites for hydroxylation is 2. The number of nitrogens with zero attached hydrogens (tertiary/aromatic N) is 2. The lowest BCUT2D eigenvalue weighted by Crippen LogP contribution is -2.51. The van der Waals surface area contributed by atoms with Crippen LogP contribution in [0.25, 0.3) is 11.1 Å². The van der Waals surface area contributed by atoms with Crippen molar-refractivity contribution < 1.29 is 28.8 Å². The van der Waals surface area contributed by atoms with E-state index in [1.54, 1.807) is 111 Å². The molecule has 0 aliphatic carbocycles. The summed E-state index contributed by atoms with van der Waals surface area (Å²) in [5, 5.41) is 4.31. The normalized spacial score (nSPS) is 22.0. The van der Waals surface area contributed by atoms with Crippen LogP contribution in [0.5, 0.6) is 0 Å². The summed E-state index contributed by atoms with van der Waals surface area (Å²) in [5.41, 5.74) is 3.97. The van der Waals surface area contributed by atoms with E-state index in [9.17, 15) is 28.8 Å². The van der Waals surface area contributed by atoms with Crippen molar-refractivity contribution in [3.63, 3.8) is 0 Å². The second-order valence-corrected chi connectivity index (χ2v) is 10.1. The summed E-state index contributed by atoms with van der Waals surface area (Å²) in [7, 11) is 0. The minimum Gasteiger partial charge on any atom is -0.258 e. The molecule has 2 aliphatic heterocycles. The van der Waals surface area contributed by atoms with Crippen molar-refractivity contribution in [2.75, 3.05) is 0 Å². The molecule has 206 valence electrons. The molecule has 6 rings (SSSR count). The molecule has 0 spiro atoms. The quantitative estimate of drug-likeness (QED) is 0.205. The number of urea groups is 2. The van der Waals surface area contributed by atoms with Gasteiger partial charge in [0.15, 0.2) is 22.7 Å². The highest BCUT2D eigenvalue weighted by Gasteiger charge is 2.61. The molecule has 8 amide bonds. The lowest BCUT2D eigenvalue weighted by Gasteiger charge is -2.27. The zero-order valence-electron chi connectivity index (χ0n) is 22.6. The van der Waals surface area contributed by atoms with Crippen LogP contribution in [-0.4, -0.2) is 35.7 Å². The van der Waals surface area contributed by atoms with E-state index in [-0.39, 0.29) is 0 Å². The van der Waals surface area contributed by atoms with Crippen LogP contribution in [0, 0.1) is 13.8 Å². The summed E-state index contributed by atoms with van der Waals surface area (Å²) in [6.45, 7) is 3.50. The molecule has 0 saturated carbocycles. The molecule has 2 unspecified atom stereocenters. The summed E-state index contributed by atoms with van der Waals surface area (Å²) in [6, 6.07) is 25.6. The number of hydrogen-bond donors (Lipinski definition) is 2. The van der Waals surface area contributed by atoms with E-state index in [4.69, 9.17) is 0 Å². The largest absolute Gasteiger partial charge is 0.442 e. The predicted molar refractivity (Wildman–Crippen MR) is 154 cm³/mol. The Hall–Kier alpha value is -5.58. The molecule has 4 aromatic rings.